The molecule has 18 heavy (non-hydrogen) atoms. The van der Waals surface area contributed by atoms with E-state index < -0.39 is 0 Å². The first-order valence-corrected chi connectivity index (χ1v) is 5.53. The van der Waals surface area contributed by atoms with Crippen LogP contribution in [0.3, 0.4) is 0 Å². The zero-order valence-corrected chi connectivity index (χ0v) is 10.9. The number of fused-ring (bicyclic) bond motifs is 1. The normalized spacial score (nSPS) is 12.7. The predicted molar refractivity (Wildman–Crippen MR) is 73.1 cm³/mol. The van der Waals surface area contributed by atoms with Crippen LogP contribution in [-0.2, 0) is 16.0 Å². The highest BCUT2D eigenvalue weighted by Gasteiger charge is 2.22. The number of nitrogens with two attached hydrogens (primary N) is 1. The molecule has 2 amide bonds. The second-order valence-electron chi connectivity index (χ2n) is 4.02. The molecule has 98 valence electrons. The molecule has 1 aromatic carbocycles. The Kier molecular flexibility index (Phi) is 4.69. The number of hydrogen-bond acceptors (Lipinski definition) is 3. The summed E-state index contributed by atoms with van der Waals surface area (Å²) in [6.07, 6.45) is 0.821. The molecule has 0 radical (unpaired) electrons. The van der Waals surface area contributed by atoms with E-state index >= 15 is 0 Å². The molecule has 1 aromatic rings. The Balaban J connectivity index is 0.00000162. The Morgan fingerprint density at radius 2 is 2.17 bits per heavy atom. The summed E-state index contributed by atoms with van der Waals surface area (Å²) in [5.74, 6) is -0.172. The lowest BCUT2D eigenvalue weighted by Crippen LogP contribution is -2.25. The van der Waals surface area contributed by atoms with Crippen LogP contribution in [0.2, 0.25) is 0 Å². The number of benzene rings is 1. The Bertz CT molecular complexity index is 476. The van der Waals surface area contributed by atoms with Crippen molar-refractivity contribution < 1.29 is 9.59 Å². The SMILES string of the molecule is CC(=O)N1CCc2cc(NC(=O)CN)ccc21.Cl. The molecule has 0 unspecified atom stereocenters. The minimum atomic E-state index is -0.216. The Morgan fingerprint density at radius 3 is 2.78 bits per heavy atom. The third-order valence-electron chi connectivity index (χ3n) is 2.82. The van der Waals surface area contributed by atoms with E-state index in [2.05, 4.69) is 5.32 Å². The number of rotatable bonds is 2. The lowest BCUT2D eigenvalue weighted by Gasteiger charge is -2.14. The fraction of sp³-hybridized carbons (Fsp3) is 0.333. The summed E-state index contributed by atoms with van der Waals surface area (Å²) >= 11 is 0. The molecule has 1 heterocycles. The van der Waals surface area contributed by atoms with Crippen LogP contribution in [0.5, 0.6) is 0 Å². The summed E-state index contributed by atoms with van der Waals surface area (Å²) in [5.41, 5.74) is 7.97. The van der Waals surface area contributed by atoms with Gasteiger partial charge < -0.3 is 16.0 Å². The Hall–Kier alpha value is -1.59. The molecule has 0 fully saturated rings. The highest BCUT2D eigenvalue weighted by atomic mass is 35.5. The fourth-order valence-electron chi connectivity index (χ4n) is 2.02. The van der Waals surface area contributed by atoms with Gasteiger partial charge in [-0.05, 0) is 30.2 Å². The van der Waals surface area contributed by atoms with Crippen molar-refractivity contribution in [2.24, 2.45) is 5.73 Å². The van der Waals surface area contributed by atoms with E-state index in [4.69, 9.17) is 5.73 Å². The first-order chi connectivity index (χ1) is 8.11. The maximum absolute atomic E-state index is 11.4. The molecular weight excluding hydrogens is 254 g/mol. The molecule has 1 aliphatic rings. The highest BCUT2D eigenvalue weighted by Crippen LogP contribution is 2.30. The number of nitrogens with one attached hydrogen (secondary N) is 1. The molecule has 0 spiro atoms. The minimum Gasteiger partial charge on any atom is -0.325 e. The summed E-state index contributed by atoms with van der Waals surface area (Å²) < 4.78 is 0. The van der Waals surface area contributed by atoms with Crippen LogP contribution in [0, 0.1) is 0 Å². The number of amides is 2. The molecule has 6 heteroatoms. The third-order valence-corrected chi connectivity index (χ3v) is 2.82. The summed E-state index contributed by atoms with van der Waals surface area (Å²) in [4.78, 5) is 24.3. The summed E-state index contributed by atoms with van der Waals surface area (Å²) in [5, 5.41) is 2.70. The van der Waals surface area contributed by atoms with E-state index in [0.717, 1.165) is 23.4 Å². The molecule has 1 aliphatic heterocycles. The smallest absolute Gasteiger partial charge is 0.238 e. The Labute approximate surface area is 112 Å². The maximum Gasteiger partial charge on any atom is 0.238 e. The van der Waals surface area contributed by atoms with Gasteiger partial charge >= 0.3 is 0 Å². The number of halogens is 1. The second-order valence-corrected chi connectivity index (χ2v) is 4.02. The number of anilines is 2. The third kappa shape index (κ3) is 2.80. The van der Waals surface area contributed by atoms with E-state index in [1.807, 2.05) is 12.1 Å². The summed E-state index contributed by atoms with van der Waals surface area (Å²) in [6, 6.07) is 5.54. The standard InChI is InChI=1S/C12H15N3O2.ClH/c1-8(16)15-5-4-9-6-10(2-3-11(9)15)14-12(17)7-13;/h2-3,6H,4-5,7,13H2,1H3,(H,14,17);1H. The van der Waals surface area contributed by atoms with Gasteiger partial charge in [0.1, 0.15) is 0 Å². The van der Waals surface area contributed by atoms with Gasteiger partial charge in [0.2, 0.25) is 11.8 Å². The van der Waals surface area contributed by atoms with Crippen molar-refractivity contribution in [3.05, 3.63) is 23.8 Å². The van der Waals surface area contributed by atoms with Crippen LogP contribution < -0.4 is 16.0 Å². The second kappa shape index (κ2) is 5.84. The summed E-state index contributed by atoms with van der Waals surface area (Å²) in [6.45, 7) is 2.23. The van der Waals surface area contributed by atoms with E-state index in [0.29, 0.717) is 6.54 Å². The molecule has 0 aromatic heterocycles. The van der Waals surface area contributed by atoms with Gasteiger partial charge in [-0.25, -0.2) is 0 Å². The Morgan fingerprint density at radius 1 is 1.44 bits per heavy atom. The van der Waals surface area contributed by atoms with Gasteiger partial charge in [-0.1, -0.05) is 0 Å². The van der Waals surface area contributed by atoms with E-state index in [-0.39, 0.29) is 30.8 Å². The van der Waals surface area contributed by atoms with Crippen molar-refractivity contribution in [1.29, 1.82) is 0 Å². The van der Waals surface area contributed by atoms with Gasteiger partial charge in [0.25, 0.3) is 0 Å². The highest BCUT2D eigenvalue weighted by molar-refractivity contribution is 5.96. The predicted octanol–water partition coefficient (Wildman–Crippen LogP) is 0.915. The molecular formula is C12H16ClN3O2. The van der Waals surface area contributed by atoms with Crippen LogP contribution in [-0.4, -0.2) is 24.9 Å². The molecule has 0 atom stereocenters. The number of hydrogen-bond donors (Lipinski definition) is 2. The molecule has 5 nitrogen and oxygen atoms in total. The van der Waals surface area contributed by atoms with Gasteiger partial charge in [0.05, 0.1) is 6.54 Å². The number of carbonyl (C=O) groups excluding carboxylic acids is 2. The molecule has 2 rings (SSSR count). The van der Waals surface area contributed by atoms with Crippen LogP contribution in [0.1, 0.15) is 12.5 Å². The molecule has 3 N–H and O–H groups in total. The minimum absolute atomic E-state index is 0. The zero-order valence-electron chi connectivity index (χ0n) is 10.1. The molecule has 0 bridgehead atoms. The van der Waals surface area contributed by atoms with Gasteiger partial charge in [0, 0.05) is 24.8 Å². The van der Waals surface area contributed by atoms with Crippen molar-refractivity contribution in [3.63, 3.8) is 0 Å². The van der Waals surface area contributed by atoms with Crippen molar-refractivity contribution in [2.75, 3.05) is 23.3 Å². The van der Waals surface area contributed by atoms with E-state index in [1.54, 1.807) is 17.9 Å². The first kappa shape index (κ1) is 14.5. The van der Waals surface area contributed by atoms with Crippen LogP contribution >= 0.6 is 12.4 Å². The maximum atomic E-state index is 11.4. The van der Waals surface area contributed by atoms with Gasteiger partial charge in [0.15, 0.2) is 0 Å². The summed E-state index contributed by atoms with van der Waals surface area (Å²) in [7, 11) is 0. The van der Waals surface area contributed by atoms with Crippen molar-refractivity contribution in [3.8, 4) is 0 Å². The monoisotopic (exact) mass is 269 g/mol. The molecule has 0 saturated carbocycles. The van der Waals surface area contributed by atoms with Crippen molar-refractivity contribution >= 4 is 35.6 Å². The van der Waals surface area contributed by atoms with Gasteiger partial charge in [-0.2, -0.15) is 0 Å². The molecule has 0 saturated heterocycles. The zero-order chi connectivity index (χ0) is 12.4. The van der Waals surface area contributed by atoms with Crippen molar-refractivity contribution in [1.82, 2.24) is 0 Å². The topological polar surface area (TPSA) is 75.4 Å². The number of nitrogens with zero attached hydrogens (tertiary/aromatic N) is 1. The molecule has 0 aliphatic carbocycles. The first-order valence-electron chi connectivity index (χ1n) is 5.53. The largest absolute Gasteiger partial charge is 0.325 e. The van der Waals surface area contributed by atoms with Crippen LogP contribution in [0.25, 0.3) is 0 Å². The van der Waals surface area contributed by atoms with E-state index in [1.165, 1.54) is 0 Å². The van der Waals surface area contributed by atoms with Gasteiger partial charge in [-0.15, -0.1) is 12.4 Å². The quantitative estimate of drug-likeness (QED) is 0.838. The van der Waals surface area contributed by atoms with Crippen LogP contribution in [0.15, 0.2) is 18.2 Å². The average Bonchev–Trinajstić information content (AvgIpc) is 2.71. The average molecular weight is 270 g/mol. The van der Waals surface area contributed by atoms with Gasteiger partial charge in [-0.3, -0.25) is 9.59 Å². The fourth-order valence-corrected chi connectivity index (χ4v) is 2.02. The lowest BCUT2D eigenvalue weighted by molar-refractivity contribution is -0.116. The number of carbonyl (C=O) groups is 2. The van der Waals surface area contributed by atoms with E-state index in [9.17, 15) is 9.59 Å². The van der Waals surface area contributed by atoms with Crippen molar-refractivity contribution in [2.45, 2.75) is 13.3 Å². The van der Waals surface area contributed by atoms with Crippen LogP contribution in [0.4, 0.5) is 11.4 Å². The lowest BCUT2D eigenvalue weighted by atomic mass is 10.1.